The fourth-order valence-corrected chi connectivity index (χ4v) is 4.16. The Hall–Kier alpha value is -1.60. The molecule has 1 saturated heterocycles. The number of aromatic nitrogens is 2. The van der Waals surface area contributed by atoms with Gasteiger partial charge in [-0.1, -0.05) is 19.3 Å². The van der Waals surface area contributed by atoms with Crippen molar-refractivity contribution in [3.05, 3.63) is 18.0 Å². The minimum Gasteiger partial charge on any atom is -0.379 e. The molecule has 0 spiro atoms. The molecule has 1 aromatic heterocycles. The highest BCUT2D eigenvalue weighted by Gasteiger charge is 2.38. The molecule has 7 nitrogen and oxygen atoms in total. The van der Waals surface area contributed by atoms with Crippen molar-refractivity contribution >= 4 is 5.96 Å². The van der Waals surface area contributed by atoms with E-state index in [4.69, 9.17) is 9.73 Å². The summed E-state index contributed by atoms with van der Waals surface area (Å²) in [6.45, 7) is 8.36. The average Bonchev–Trinajstić information content (AvgIpc) is 3.10. The monoisotopic (exact) mass is 362 g/mol. The second kappa shape index (κ2) is 9.37. The van der Waals surface area contributed by atoms with Crippen LogP contribution in [0.2, 0.25) is 0 Å². The Balaban J connectivity index is 1.65. The molecular weight excluding hydrogens is 328 g/mol. The van der Waals surface area contributed by atoms with Crippen LogP contribution >= 0.6 is 0 Å². The lowest BCUT2D eigenvalue weighted by Crippen LogP contribution is -2.60. The number of rotatable bonds is 6. The van der Waals surface area contributed by atoms with Gasteiger partial charge in [0.2, 0.25) is 0 Å². The van der Waals surface area contributed by atoms with Crippen LogP contribution in [-0.4, -0.2) is 65.6 Å². The molecule has 2 N–H and O–H groups in total. The van der Waals surface area contributed by atoms with Crippen LogP contribution in [0, 0.1) is 0 Å². The van der Waals surface area contributed by atoms with E-state index < -0.39 is 0 Å². The lowest BCUT2D eigenvalue weighted by atomic mass is 9.80. The van der Waals surface area contributed by atoms with Crippen molar-refractivity contribution in [2.24, 2.45) is 12.0 Å². The van der Waals surface area contributed by atoms with Crippen LogP contribution in [-0.2, 0) is 18.3 Å². The Morgan fingerprint density at radius 3 is 2.65 bits per heavy atom. The highest BCUT2D eigenvalue weighted by atomic mass is 16.5. The minimum atomic E-state index is 0.241. The van der Waals surface area contributed by atoms with Crippen LogP contribution in [0.5, 0.6) is 0 Å². The predicted molar refractivity (Wildman–Crippen MR) is 104 cm³/mol. The average molecular weight is 363 g/mol. The molecule has 2 aliphatic rings. The lowest BCUT2D eigenvalue weighted by Gasteiger charge is -2.48. The lowest BCUT2D eigenvalue weighted by molar-refractivity contribution is -0.0352. The third-order valence-corrected chi connectivity index (χ3v) is 5.72. The summed E-state index contributed by atoms with van der Waals surface area (Å²) in [5.74, 6) is 0.895. The molecule has 2 fully saturated rings. The number of ether oxygens (including phenoxy) is 1. The van der Waals surface area contributed by atoms with E-state index in [1.54, 1.807) is 0 Å². The topological polar surface area (TPSA) is 66.7 Å². The Kier molecular flexibility index (Phi) is 6.91. The van der Waals surface area contributed by atoms with Crippen LogP contribution in [0.4, 0.5) is 0 Å². The maximum Gasteiger partial charge on any atom is 0.191 e. The minimum absolute atomic E-state index is 0.241. The first kappa shape index (κ1) is 19.2. The van der Waals surface area contributed by atoms with Crippen LogP contribution in [0.3, 0.4) is 0 Å². The predicted octanol–water partition coefficient (Wildman–Crippen LogP) is 1.51. The zero-order chi connectivity index (χ0) is 18.2. The van der Waals surface area contributed by atoms with Crippen molar-refractivity contribution in [3.63, 3.8) is 0 Å². The second-order valence-corrected chi connectivity index (χ2v) is 7.38. The van der Waals surface area contributed by atoms with Crippen molar-refractivity contribution in [2.75, 3.05) is 39.4 Å². The van der Waals surface area contributed by atoms with Crippen molar-refractivity contribution in [1.82, 2.24) is 25.3 Å². The fraction of sp³-hybridized carbons (Fsp3) is 0.789. The largest absolute Gasteiger partial charge is 0.379 e. The van der Waals surface area contributed by atoms with Gasteiger partial charge in [-0.15, -0.1) is 0 Å². The number of nitrogens with zero attached hydrogens (tertiary/aromatic N) is 4. The summed E-state index contributed by atoms with van der Waals surface area (Å²) in [5, 5.41) is 11.2. The molecule has 0 aromatic carbocycles. The van der Waals surface area contributed by atoms with Crippen molar-refractivity contribution < 1.29 is 4.74 Å². The van der Waals surface area contributed by atoms with Gasteiger partial charge in [-0.3, -0.25) is 9.58 Å². The first-order valence-electron chi connectivity index (χ1n) is 10.1. The fourth-order valence-electron chi connectivity index (χ4n) is 4.16. The van der Waals surface area contributed by atoms with Gasteiger partial charge in [-0.25, -0.2) is 4.99 Å². The number of hydrogen-bond donors (Lipinski definition) is 2. The molecule has 26 heavy (non-hydrogen) atoms. The Labute approximate surface area is 157 Å². The van der Waals surface area contributed by atoms with Crippen LogP contribution < -0.4 is 10.6 Å². The zero-order valence-electron chi connectivity index (χ0n) is 16.3. The van der Waals surface area contributed by atoms with E-state index in [2.05, 4.69) is 27.6 Å². The molecule has 0 amide bonds. The van der Waals surface area contributed by atoms with E-state index in [-0.39, 0.29) is 5.54 Å². The van der Waals surface area contributed by atoms with Crippen LogP contribution in [0.15, 0.2) is 17.3 Å². The summed E-state index contributed by atoms with van der Waals surface area (Å²) in [5.41, 5.74) is 1.35. The number of hydrogen-bond acceptors (Lipinski definition) is 4. The molecule has 1 aliphatic carbocycles. The van der Waals surface area contributed by atoms with Gasteiger partial charge in [-0.05, 0) is 25.8 Å². The van der Waals surface area contributed by atoms with Gasteiger partial charge in [-0.2, -0.15) is 5.10 Å². The first-order chi connectivity index (χ1) is 12.7. The van der Waals surface area contributed by atoms with Gasteiger partial charge in [0.1, 0.15) is 0 Å². The molecule has 3 rings (SSSR count). The molecule has 0 atom stereocenters. The van der Waals surface area contributed by atoms with Crippen molar-refractivity contribution in [3.8, 4) is 0 Å². The van der Waals surface area contributed by atoms with Crippen LogP contribution in [0.25, 0.3) is 0 Å². The normalized spacial score (nSPS) is 21.5. The summed E-state index contributed by atoms with van der Waals surface area (Å²) in [6.07, 6.45) is 8.35. The number of aryl methyl sites for hydroxylation is 1. The molecule has 146 valence electrons. The van der Waals surface area contributed by atoms with E-state index in [0.29, 0.717) is 6.54 Å². The van der Waals surface area contributed by atoms with E-state index in [1.807, 2.05) is 24.0 Å². The third-order valence-electron chi connectivity index (χ3n) is 5.72. The van der Waals surface area contributed by atoms with Gasteiger partial charge in [0.25, 0.3) is 0 Å². The van der Waals surface area contributed by atoms with Gasteiger partial charge in [0, 0.05) is 45.0 Å². The Morgan fingerprint density at radius 1 is 1.23 bits per heavy atom. The molecule has 0 unspecified atom stereocenters. The van der Waals surface area contributed by atoms with E-state index >= 15 is 0 Å². The number of guanidine groups is 1. The van der Waals surface area contributed by atoms with E-state index in [1.165, 1.54) is 32.1 Å². The molecule has 7 heteroatoms. The molecule has 1 aliphatic heterocycles. The van der Waals surface area contributed by atoms with Gasteiger partial charge >= 0.3 is 0 Å². The Bertz CT molecular complexity index is 572. The molecule has 0 bridgehead atoms. The molecule has 1 saturated carbocycles. The van der Waals surface area contributed by atoms with Crippen LogP contribution in [0.1, 0.15) is 44.7 Å². The standard InChI is InChI=1S/C19H34N6O/c1-3-20-18(21-15-17-7-10-23-24(17)2)22-16-19(8-5-4-6-9-19)25-11-13-26-14-12-25/h7,10H,3-6,8-9,11-16H2,1-2H3,(H2,20,21,22). The van der Waals surface area contributed by atoms with E-state index in [0.717, 1.165) is 51.0 Å². The summed E-state index contributed by atoms with van der Waals surface area (Å²) in [6, 6.07) is 2.02. The SMILES string of the molecule is CCNC(=NCc1ccnn1C)NCC1(N2CCOCC2)CCCCC1. The summed E-state index contributed by atoms with van der Waals surface area (Å²) < 4.78 is 7.46. The highest BCUT2D eigenvalue weighted by molar-refractivity contribution is 5.79. The quantitative estimate of drug-likeness (QED) is 0.593. The number of morpholine rings is 1. The van der Waals surface area contributed by atoms with Gasteiger partial charge in [0.15, 0.2) is 5.96 Å². The third kappa shape index (κ3) is 4.76. The van der Waals surface area contributed by atoms with Gasteiger partial charge < -0.3 is 15.4 Å². The molecule has 1 aromatic rings. The highest BCUT2D eigenvalue weighted by Crippen LogP contribution is 2.33. The van der Waals surface area contributed by atoms with Crippen molar-refractivity contribution in [2.45, 2.75) is 51.1 Å². The van der Waals surface area contributed by atoms with Crippen molar-refractivity contribution in [1.29, 1.82) is 0 Å². The maximum absolute atomic E-state index is 5.58. The van der Waals surface area contributed by atoms with E-state index in [9.17, 15) is 0 Å². The molecule has 0 radical (unpaired) electrons. The number of aliphatic imine (C=N–C) groups is 1. The zero-order valence-corrected chi connectivity index (χ0v) is 16.3. The summed E-state index contributed by atoms with van der Waals surface area (Å²) in [7, 11) is 1.96. The first-order valence-corrected chi connectivity index (χ1v) is 10.1. The second-order valence-electron chi connectivity index (χ2n) is 7.38. The maximum atomic E-state index is 5.58. The smallest absolute Gasteiger partial charge is 0.191 e. The van der Waals surface area contributed by atoms with Gasteiger partial charge in [0.05, 0.1) is 25.5 Å². The summed E-state index contributed by atoms with van der Waals surface area (Å²) >= 11 is 0. The number of nitrogens with one attached hydrogen (secondary N) is 2. The summed E-state index contributed by atoms with van der Waals surface area (Å²) in [4.78, 5) is 7.43. The molecule has 2 heterocycles. The Morgan fingerprint density at radius 2 is 2.00 bits per heavy atom. The molecular formula is C19H34N6O.